The molecule has 8 heteroatoms. The molecular formula is C31H25ClN2O4S. The van der Waals surface area contributed by atoms with Gasteiger partial charge >= 0.3 is 0 Å². The molecule has 6 nitrogen and oxygen atoms in total. The molecule has 0 unspecified atom stereocenters. The van der Waals surface area contributed by atoms with Crippen LogP contribution in [0, 0.1) is 0 Å². The van der Waals surface area contributed by atoms with E-state index in [1.165, 1.54) is 24.9 Å². The van der Waals surface area contributed by atoms with Crippen LogP contribution in [0.25, 0.3) is 6.08 Å². The number of amides is 2. The second-order valence-corrected chi connectivity index (χ2v) is 9.75. The lowest BCUT2D eigenvalue weighted by molar-refractivity contribution is -0.113. The Kier molecular flexibility index (Phi) is 9.56. The number of anilines is 1. The zero-order valence-corrected chi connectivity index (χ0v) is 22.6. The van der Waals surface area contributed by atoms with E-state index in [1.807, 2.05) is 12.1 Å². The molecule has 4 aromatic rings. The molecule has 39 heavy (non-hydrogen) atoms. The van der Waals surface area contributed by atoms with Crippen molar-refractivity contribution in [1.29, 1.82) is 0 Å². The number of hydrogen-bond donors (Lipinski definition) is 2. The molecule has 0 aromatic heterocycles. The molecule has 0 radical (unpaired) electrons. The molecule has 4 rings (SSSR count). The number of carbonyl (C=O) groups excluding carboxylic acids is 3. The van der Waals surface area contributed by atoms with Gasteiger partial charge in [-0.15, -0.1) is 11.8 Å². The molecule has 0 saturated carbocycles. The minimum Gasteiger partial charge on any atom is -0.496 e. The molecule has 196 valence electrons. The second kappa shape index (κ2) is 13.5. The van der Waals surface area contributed by atoms with Crippen molar-refractivity contribution in [1.82, 2.24) is 5.32 Å². The Balaban J connectivity index is 1.50. The molecular weight excluding hydrogens is 532 g/mol. The van der Waals surface area contributed by atoms with E-state index < -0.39 is 11.8 Å². The molecule has 0 aliphatic rings. The zero-order chi connectivity index (χ0) is 27.6. The number of ketones is 1. The molecule has 0 saturated heterocycles. The van der Waals surface area contributed by atoms with Crippen LogP contribution in [-0.4, -0.2) is 30.5 Å². The first-order chi connectivity index (χ1) is 18.9. The maximum atomic E-state index is 13.3. The number of rotatable bonds is 10. The van der Waals surface area contributed by atoms with Gasteiger partial charge in [0, 0.05) is 21.2 Å². The van der Waals surface area contributed by atoms with Crippen molar-refractivity contribution < 1.29 is 19.1 Å². The van der Waals surface area contributed by atoms with Gasteiger partial charge in [0.25, 0.3) is 11.8 Å². The third-order valence-electron chi connectivity index (χ3n) is 5.60. The maximum absolute atomic E-state index is 13.3. The highest BCUT2D eigenvalue weighted by atomic mass is 35.5. The number of hydrogen-bond acceptors (Lipinski definition) is 5. The Morgan fingerprint density at radius 3 is 2.36 bits per heavy atom. The molecule has 0 atom stereocenters. The average Bonchev–Trinajstić information content (AvgIpc) is 2.97. The highest BCUT2D eigenvalue weighted by molar-refractivity contribution is 8.00. The third-order valence-corrected chi connectivity index (χ3v) is 6.94. The van der Waals surface area contributed by atoms with Gasteiger partial charge in [0.2, 0.25) is 0 Å². The van der Waals surface area contributed by atoms with Crippen molar-refractivity contribution in [2.75, 3.05) is 18.2 Å². The highest BCUT2D eigenvalue weighted by Gasteiger charge is 2.16. The number of ether oxygens (including phenoxy) is 1. The van der Waals surface area contributed by atoms with Crippen molar-refractivity contribution >= 4 is 52.7 Å². The summed E-state index contributed by atoms with van der Waals surface area (Å²) in [6.45, 7) is 0. The quantitative estimate of drug-likeness (QED) is 0.128. The Morgan fingerprint density at radius 1 is 0.872 bits per heavy atom. The number of methoxy groups -OCH3 is 1. The first-order valence-electron chi connectivity index (χ1n) is 12.0. The van der Waals surface area contributed by atoms with Gasteiger partial charge in [0.1, 0.15) is 11.4 Å². The summed E-state index contributed by atoms with van der Waals surface area (Å²) < 4.78 is 5.29. The van der Waals surface area contributed by atoms with E-state index in [-0.39, 0.29) is 17.2 Å². The van der Waals surface area contributed by atoms with Crippen LogP contribution in [0.15, 0.2) is 114 Å². The number of carbonyl (C=O) groups is 3. The van der Waals surface area contributed by atoms with Gasteiger partial charge in [-0.25, -0.2) is 0 Å². The van der Waals surface area contributed by atoms with E-state index in [2.05, 4.69) is 10.6 Å². The Morgan fingerprint density at radius 2 is 1.59 bits per heavy atom. The fourth-order valence-corrected chi connectivity index (χ4v) is 4.68. The van der Waals surface area contributed by atoms with Gasteiger partial charge in [0.05, 0.1) is 18.4 Å². The summed E-state index contributed by atoms with van der Waals surface area (Å²) in [5, 5.41) is 5.98. The van der Waals surface area contributed by atoms with Crippen molar-refractivity contribution in [2.24, 2.45) is 0 Å². The summed E-state index contributed by atoms with van der Waals surface area (Å²) >= 11 is 7.65. The van der Waals surface area contributed by atoms with Crippen molar-refractivity contribution in [3.8, 4) is 5.75 Å². The van der Waals surface area contributed by atoms with Crippen LogP contribution in [0.3, 0.4) is 0 Å². The predicted molar refractivity (Wildman–Crippen MR) is 156 cm³/mol. The van der Waals surface area contributed by atoms with E-state index in [0.29, 0.717) is 33.1 Å². The number of nitrogens with one attached hydrogen (secondary N) is 2. The first kappa shape index (κ1) is 27.7. The van der Waals surface area contributed by atoms with Gasteiger partial charge in [-0.1, -0.05) is 66.2 Å². The molecule has 0 aliphatic heterocycles. The van der Waals surface area contributed by atoms with E-state index in [0.717, 1.165) is 4.90 Å². The number of thioether (sulfide) groups is 1. The topological polar surface area (TPSA) is 84.5 Å². The molecule has 2 N–H and O–H groups in total. The number of Topliss-reactive ketones (excluding diaryl/α,β-unsaturated/α-hetero) is 1. The van der Waals surface area contributed by atoms with Crippen molar-refractivity contribution in [3.05, 3.63) is 131 Å². The minimum atomic E-state index is -0.522. The predicted octanol–water partition coefficient (Wildman–Crippen LogP) is 6.73. The highest BCUT2D eigenvalue weighted by Crippen LogP contribution is 2.26. The molecule has 0 bridgehead atoms. The van der Waals surface area contributed by atoms with E-state index in [9.17, 15) is 14.4 Å². The number of para-hydroxylation sites is 1. The lowest BCUT2D eigenvalue weighted by atomic mass is 10.1. The zero-order valence-electron chi connectivity index (χ0n) is 21.0. The summed E-state index contributed by atoms with van der Waals surface area (Å²) in [4.78, 5) is 39.7. The smallest absolute Gasteiger partial charge is 0.272 e. The summed E-state index contributed by atoms with van der Waals surface area (Å²) in [5.74, 6) is -0.294. The fraction of sp³-hybridized carbons (Fsp3) is 0.0645. The first-order valence-corrected chi connectivity index (χ1v) is 13.3. The lowest BCUT2D eigenvalue weighted by Gasteiger charge is -2.12. The molecule has 0 fully saturated rings. The van der Waals surface area contributed by atoms with Crippen LogP contribution in [0.2, 0.25) is 5.02 Å². The van der Waals surface area contributed by atoms with Crippen LogP contribution < -0.4 is 15.4 Å². The van der Waals surface area contributed by atoms with Gasteiger partial charge in [0.15, 0.2) is 5.78 Å². The minimum absolute atomic E-state index is 0.0290. The lowest BCUT2D eigenvalue weighted by Crippen LogP contribution is -2.30. The van der Waals surface area contributed by atoms with Gasteiger partial charge in [-0.05, 0) is 60.2 Å². The summed E-state index contributed by atoms with van der Waals surface area (Å²) in [5.41, 5.74) is 2.04. The van der Waals surface area contributed by atoms with E-state index in [1.54, 1.807) is 91.0 Å². The Hall–Kier alpha value is -4.33. The van der Waals surface area contributed by atoms with E-state index >= 15 is 0 Å². The Bertz CT molecular complexity index is 1520. The summed E-state index contributed by atoms with van der Waals surface area (Å²) in [7, 11) is 1.53. The maximum Gasteiger partial charge on any atom is 0.272 e. The second-order valence-electron chi connectivity index (χ2n) is 8.29. The van der Waals surface area contributed by atoms with E-state index in [4.69, 9.17) is 16.3 Å². The molecule has 0 spiro atoms. The molecule has 4 aromatic carbocycles. The van der Waals surface area contributed by atoms with Crippen LogP contribution >= 0.6 is 23.4 Å². The van der Waals surface area contributed by atoms with Gasteiger partial charge in [-0.3, -0.25) is 14.4 Å². The average molecular weight is 557 g/mol. The fourth-order valence-electron chi connectivity index (χ4n) is 3.65. The van der Waals surface area contributed by atoms with Crippen molar-refractivity contribution in [2.45, 2.75) is 4.90 Å². The standard InChI is InChI=1S/C31H25ClN2O4S/c1-38-29-17-8-6-15-25(29)28(35)20-39-24-14-9-13-23(19-24)33-31(37)27(18-22-12-5-7-16-26(22)32)34-30(36)21-10-3-2-4-11-21/h2-19H,20H2,1H3,(H,33,37)(H,34,36)/b27-18-. The molecule has 0 aliphatic carbocycles. The van der Waals surface area contributed by atoms with Crippen LogP contribution in [0.1, 0.15) is 26.3 Å². The molecule has 0 heterocycles. The molecule has 2 amide bonds. The van der Waals surface area contributed by atoms with Crippen molar-refractivity contribution in [3.63, 3.8) is 0 Å². The third kappa shape index (κ3) is 7.60. The Labute approximate surface area is 236 Å². The van der Waals surface area contributed by atoms with Gasteiger partial charge < -0.3 is 15.4 Å². The summed E-state index contributed by atoms with van der Waals surface area (Å²) in [6, 6.07) is 29.9. The van der Waals surface area contributed by atoms with Crippen LogP contribution in [0.4, 0.5) is 5.69 Å². The monoisotopic (exact) mass is 556 g/mol. The number of halogens is 1. The van der Waals surface area contributed by atoms with Gasteiger partial charge in [-0.2, -0.15) is 0 Å². The SMILES string of the molecule is COc1ccccc1C(=O)CSc1cccc(NC(=O)/C(=C/c2ccccc2Cl)NC(=O)c2ccccc2)c1. The van der Waals surface area contributed by atoms with Crippen LogP contribution in [0.5, 0.6) is 5.75 Å². The van der Waals surface area contributed by atoms with Crippen LogP contribution in [-0.2, 0) is 4.79 Å². The summed E-state index contributed by atoms with van der Waals surface area (Å²) in [6.07, 6.45) is 1.53. The largest absolute Gasteiger partial charge is 0.496 e. The number of benzene rings is 4. The normalized spacial score (nSPS) is 11.0.